The molecule has 0 spiro atoms. The number of nitrogens with one attached hydrogen (secondary N) is 2. The van der Waals surface area contributed by atoms with Crippen molar-refractivity contribution in [3.05, 3.63) is 11.0 Å². The van der Waals surface area contributed by atoms with E-state index in [9.17, 15) is 33.7 Å². The number of ether oxygens (including phenoxy) is 1. The predicted molar refractivity (Wildman–Crippen MR) is 146 cm³/mol. The Balaban J connectivity index is 1.62. The summed E-state index contributed by atoms with van der Waals surface area (Å²) in [6.45, 7) is 0.125. The van der Waals surface area contributed by atoms with E-state index in [-0.39, 0.29) is 21.8 Å². The lowest BCUT2D eigenvalue weighted by Gasteiger charge is -2.19. The van der Waals surface area contributed by atoms with Crippen LogP contribution < -0.4 is 16.8 Å². The molecule has 0 aliphatic carbocycles. The van der Waals surface area contributed by atoms with Crippen molar-refractivity contribution in [1.82, 2.24) is 19.5 Å². The average molecular weight is 680 g/mol. The number of aliphatic hydroxyl groups excluding tert-OH is 2. The third-order valence-corrected chi connectivity index (χ3v) is 9.63. The summed E-state index contributed by atoms with van der Waals surface area (Å²) in [5.41, 5.74) is 11.1. The van der Waals surface area contributed by atoms with Crippen LogP contribution >= 0.6 is 35.7 Å². The lowest BCUT2D eigenvalue weighted by molar-refractivity contribution is -0.0503. The average Bonchev–Trinajstić information content (AvgIpc) is 3.38. The highest BCUT2D eigenvalue weighted by molar-refractivity contribution is 7.71. The summed E-state index contributed by atoms with van der Waals surface area (Å²) < 4.78 is 53.0. The molecule has 2 aromatic rings. The highest BCUT2D eigenvalue weighted by Gasteiger charge is 2.47. The Bertz CT molecular complexity index is 1460. The standard InChI is InChI=1S/C17H31N8O13P3S/c18-16(19)20-5-3-1-2-4-6-21-17-23-13-10(14(42)24-17)22-8-25(13)15-12(27)11(26)9(36-15)7-35-40(31,32)38-41(33,34)37-39(28,29)30/h8-9,11-12,15,26-27H,1-7H2,(H,31,32)(H,33,34)(H4,18,19,20)(H2,28,29,30)(H2,21,23,24,42)/t9-,11?,12+,15-/m1/s1. The SMILES string of the molecule is NC(N)=NCCCCCCNc1nc(=S)c2ncn([C@@H]3O[C@H](COP(=O)(O)OP(=O)(O)OP(=O)(O)O)C(O)[C@@H]3O)c2[nH]1. The Hall–Kier alpha value is -1.87. The lowest BCUT2D eigenvalue weighted by Crippen LogP contribution is -2.33. The van der Waals surface area contributed by atoms with Crippen LogP contribution in [-0.4, -0.2) is 93.3 Å². The Kier molecular flexibility index (Phi) is 11.8. The number of nitrogens with two attached hydrogens (primary N) is 2. The molecular weight excluding hydrogens is 649 g/mol. The maximum atomic E-state index is 12.0. The second kappa shape index (κ2) is 14.3. The second-order valence-electron chi connectivity index (χ2n) is 8.82. The van der Waals surface area contributed by atoms with Crippen LogP contribution in [0.3, 0.4) is 0 Å². The van der Waals surface area contributed by atoms with Gasteiger partial charge in [0.15, 0.2) is 16.8 Å². The van der Waals surface area contributed by atoms with Crippen molar-refractivity contribution < 1.29 is 61.4 Å². The molecule has 0 aromatic carbocycles. The Labute approximate surface area is 242 Å². The molecule has 0 radical (unpaired) electrons. The van der Waals surface area contributed by atoms with E-state index in [0.717, 1.165) is 25.7 Å². The molecule has 0 amide bonds. The molecule has 6 atom stereocenters. The number of hydrogen-bond donors (Lipinski definition) is 10. The fraction of sp³-hybridized carbons (Fsp3) is 0.647. The zero-order chi connectivity index (χ0) is 31.3. The van der Waals surface area contributed by atoms with E-state index in [1.165, 1.54) is 10.9 Å². The number of rotatable bonds is 16. The number of unbranched alkanes of at least 4 members (excludes halogenated alkanes) is 3. The summed E-state index contributed by atoms with van der Waals surface area (Å²) in [4.78, 5) is 51.4. The molecule has 3 rings (SSSR count). The van der Waals surface area contributed by atoms with Gasteiger partial charge in [-0.2, -0.15) is 8.62 Å². The normalized spacial score (nSPS) is 23.9. The molecule has 2 aromatic heterocycles. The van der Waals surface area contributed by atoms with Gasteiger partial charge in [-0.25, -0.2) is 23.7 Å². The number of aliphatic hydroxyl groups is 2. The number of hydrogen-bond acceptors (Lipinski definition) is 14. The van der Waals surface area contributed by atoms with Crippen molar-refractivity contribution in [3.63, 3.8) is 0 Å². The predicted octanol–water partition coefficient (Wildman–Crippen LogP) is -0.303. The quantitative estimate of drug-likeness (QED) is 0.0357. The van der Waals surface area contributed by atoms with Gasteiger partial charge in [-0.1, -0.05) is 25.1 Å². The summed E-state index contributed by atoms with van der Waals surface area (Å²) >= 11 is 5.31. The highest BCUT2D eigenvalue weighted by atomic mass is 32.1. The molecule has 1 aliphatic rings. The van der Waals surface area contributed by atoms with Crippen LogP contribution in [-0.2, 0) is 31.6 Å². The number of guanidine groups is 1. The third kappa shape index (κ3) is 10.1. The van der Waals surface area contributed by atoms with Crippen LogP contribution in [0.15, 0.2) is 11.3 Å². The van der Waals surface area contributed by atoms with E-state index < -0.39 is 54.6 Å². The fourth-order valence-electron chi connectivity index (χ4n) is 3.79. The molecule has 42 heavy (non-hydrogen) atoms. The number of fused-ring (bicyclic) bond motifs is 1. The Morgan fingerprint density at radius 2 is 1.79 bits per heavy atom. The molecule has 12 N–H and O–H groups in total. The van der Waals surface area contributed by atoms with Crippen molar-refractivity contribution in [3.8, 4) is 0 Å². The highest BCUT2D eigenvalue weighted by Crippen LogP contribution is 2.66. The zero-order valence-electron chi connectivity index (χ0n) is 21.6. The van der Waals surface area contributed by atoms with Gasteiger partial charge in [-0.15, -0.1) is 0 Å². The number of phosphoric ester groups is 1. The largest absolute Gasteiger partial charge is 0.490 e. The van der Waals surface area contributed by atoms with Crippen LogP contribution in [0.5, 0.6) is 0 Å². The molecule has 1 fully saturated rings. The number of aromatic nitrogens is 4. The first-order chi connectivity index (χ1) is 19.5. The summed E-state index contributed by atoms with van der Waals surface area (Å²) in [5, 5.41) is 24.1. The number of phosphoric acid groups is 3. The third-order valence-electron chi connectivity index (χ3n) is 5.55. The first kappa shape index (κ1) is 34.6. The van der Waals surface area contributed by atoms with Gasteiger partial charge in [-0.05, 0) is 12.8 Å². The molecule has 3 unspecified atom stereocenters. The molecule has 25 heteroatoms. The van der Waals surface area contributed by atoms with Crippen molar-refractivity contribution >= 4 is 58.8 Å². The van der Waals surface area contributed by atoms with Crippen LogP contribution in [0.4, 0.5) is 5.95 Å². The van der Waals surface area contributed by atoms with Gasteiger partial charge in [0, 0.05) is 13.1 Å². The van der Waals surface area contributed by atoms with E-state index >= 15 is 0 Å². The number of imidazole rings is 1. The van der Waals surface area contributed by atoms with Crippen molar-refractivity contribution in [2.24, 2.45) is 16.5 Å². The van der Waals surface area contributed by atoms with Gasteiger partial charge in [0.2, 0.25) is 5.95 Å². The summed E-state index contributed by atoms with van der Waals surface area (Å²) in [5.74, 6) is 0.350. The minimum absolute atomic E-state index is 0.0522. The number of aliphatic imine (C=N–C) groups is 1. The first-order valence-electron chi connectivity index (χ1n) is 12.0. The van der Waals surface area contributed by atoms with E-state index in [1.807, 2.05) is 0 Å². The second-order valence-corrected chi connectivity index (χ2v) is 13.6. The van der Waals surface area contributed by atoms with Crippen LogP contribution in [0.2, 0.25) is 0 Å². The maximum absolute atomic E-state index is 12.0. The molecule has 238 valence electrons. The summed E-state index contributed by atoms with van der Waals surface area (Å²) in [7, 11) is -16.8. The molecule has 21 nitrogen and oxygen atoms in total. The number of anilines is 1. The molecule has 1 aliphatic heterocycles. The van der Waals surface area contributed by atoms with E-state index in [2.05, 4.69) is 38.4 Å². The van der Waals surface area contributed by atoms with Gasteiger partial charge in [0.25, 0.3) is 0 Å². The van der Waals surface area contributed by atoms with Gasteiger partial charge < -0.3 is 56.3 Å². The molecule has 0 saturated carbocycles. The topological polar surface area (TPSA) is 332 Å². The van der Waals surface area contributed by atoms with Crippen molar-refractivity contribution in [2.45, 2.75) is 50.2 Å². The van der Waals surface area contributed by atoms with Crippen LogP contribution in [0, 0.1) is 4.64 Å². The van der Waals surface area contributed by atoms with E-state index in [1.54, 1.807) is 0 Å². The first-order valence-corrected chi connectivity index (χ1v) is 17.0. The number of H-pyrrole nitrogens is 1. The Morgan fingerprint density at radius 1 is 1.10 bits per heavy atom. The van der Waals surface area contributed by atoms with E-state index in [4.69, 9.17) is 38.2 Å². The van der Waals surface area contributed by atoms with Gasteiger partial charge in [0.1, 0.15) is 29.5 Å². The van der Waals surface area contributed by atoms with Gasteiger partial charge >= 0.3 is 23.5 Å². The minimum atomic E-state index is -5.74. The lowest BCUT2D eigenvalue weighted by atomic mass is 10.1. The molecular formula is C17H31N8O13P3S. The van der Waals surface area contributed by atoms with Crippen molar-refractivity contribution in [2.75, 3.05) is 25.0 Å². The van der Waals surface area contributed by atoms with Crippen LogP contribution in [0.1, 0.15) is 31.9 Å². The van der Waals surface area contributed by atoms with Crippen LogP contribution in [0.25, 0.3) is 11.2 Å². The zero-order valence-corrected chi connectivity index (χ0v) is 25.1. The summed E-state index contributed by atoms with van der Waals surface area (Å²) in [6.07, 6.45) is -1.42. The monoisotopic (exact) mass is 680 g/mol. The smallest absolute Gasteiger partial charge is 0.387 e. The van der Waals surface area contributed by atoms with Gasteiger partial charge in [-0.3, -0.25) is 14.1 Å². The van der Waals surface area contributed by atoms with E-state index in [0.29, 0.717) is 19.0 Å². The van der Waals surface area contributed by atoms with Gasteiger partial charge in [0.05, 0.1) is 12.9 Å². The molecule has 3 heterocycles. The maximum Gasteiger partial charge on any atom is 0.490 e. The minimum Gasteiger partial charge on any atom is -0.387 e. The molecule has 1 saturated heterocycles. The summed E-state index contributed by atoms with van der Waals surface area (Å²) in [6, 6.07) is 0. The number of nitrogens with zero attached hydrogens (tertiary/aromatic N) is 4. The number of aromatic amines is 1. The molecule has 0 bridgehead atoms. The Morgan fingerprint density at radius 3 is 2.45 bits per heavy atom. The fourth-order valence-corrected chi connectivity index (χ4v) is 7.06. The van der Waals surface area contributed by atoms with Crippen molar-refractivity contribution in [1.29, 1.82) is 0 Å².